The average molecular weight is 151 g/mol. The van der Waals surface area contributed by atoms with Crippen molar-refractivity contribution in [2.24, 2.45) is 4.99 Å². The molecular weight excluding hydrogens is 134 g/mol. The minimum atomic E-state index is 1.00. The number of aliphatic imine (C=N–C) groups is 1. The second kappa shape index (κ2) is 7.26. The van der Waals surface area contributed by atoms with Gasteiger partial charge in [0.1, 0.15) is 0 Å². The summed E-state index contributed by atoms with van der Waals surface area (Å²) in [5, 5.41) is 0. The number of allylic oxidation sites excluding steroid dienone is 2. The summed E-state index contributed by atoms with van der Waals surface area (Å²) in [5.41, 5.74) is 1.22. The van der Waals surface area contributed by atoms with E-state index < -0.39 is 0 Å². The van der Waals surface area contributed by atoms with Gasteiger partial charge in [-0.2, -0.15) is 0 Å². The van der Waals surface area contributed by atoms with Crippen molar-refractivity contribution in [3.05, 3.63) is 24.4 Å². The molecule has 0 aromatic rings. The van der Waals surface area contributed by atoms with Gasteiger partial charge in [0.05, 0.1) is 0 Å². The van der Waals surface area contributed by atoms with Gasteiger partial charge in [-0.1, -0.05) is 18.6 Å². The van der Waals surface area contributed by atoms with Gasteiger partial charge in [-0.3, -0.25) is 4.99 Å². The zero-order valence-electron chi connectivity index (χ0n) is 7.51. The Morgan fingerprint density at radius 2 is 2.27 bits per heavy atom. The molecule has 0 aromatic carbocycles. The van der Waals surface area contributed by atoms with E-state index in [0.717, 1.165) is 19.3 Å². The first-order valence-corrected chi connectivity index (χ1v) is 4.08. The van der Waals surface area contributed by atoms with Crippen LogP contribution in [0, 0.1) is 0 Å². The van der Waals surface area contributed by atoms with Gasteiger partial charge in [0.25, 0.3) is 0 Å². The minimum Gasteiger partial charge on any atom is -0.269 e. The van der Waals surface area contributed by atoms with E-state index in [9.17, 15) is 0 Å². The zero-order chi connectivity index (χ0) is 8.53. The summed E-state index contributed by atoms with van der Waals surface area (Å²) in [6.07, 6.45) is 8.92. The van der Waals surface area contributed by atoms with Crippen LogP contribution in [0.4, 0.5) is 0 Å². The Kier molecular flexibility index (Phi) is 6.70. The van der Waals surface area contributed by atoms with E-state index in [-0.39, 0.29) is 0 Å². The lowest BCUT2D eigenvalue weighted by atomic mass is 10.2. The molecule has 0 spiro atoms. The second-order valence-corrected chi connectivity index (χ2v) is 2.62. The number of hydrogen-bond donors (Lipinski definition) is 0. The molecule has 11 heavy (non-hydrogen) atoms. The molecule has 0 N–H and O–H groups in total. The average Bonchev–Trinajstić information content (AvgIpc) is 1.96. The van der Waals surface area contributed by atoms with Crippen LogP contribution >= 0.6 is 0 Å². The largest absolute Gasteiger partial charge is 0.269 e. The van der Waals surface area contributed by atoms with Crippen molar-refractivity contribution < 1.29 is 0 Å². The van der Waals surface area contributed by atoms with Crippen molar-refractivity contribution in [2.75, 3.05) is 0 Å². The summed E-state index contributed by atoms with van der Waals surface area (Å²) < 4.78 is 0. The highest BCUT2D eigenvalue weighted by Gasteiger charge is 1.81. The lowest BCUT2D eigenvalue weighted by Gasteiger charge is -1.90. The molecule has 0 aromatic heterocycles. The maximum Gasteiger partial charge on any atom is 0.0223 e. The normalized spacial score (nSPS) is 11.5. The van der Waals surface area contributed by atoms with E-state index in [1.165, 1.54) is 5.57 Å². The van der Waals surface area contributed by atoms with E-state index >= 15 is 0 Å². The Morgan fingerprint density at radius 3 is 2.82 bits per heavy atom. The maximum absolute atomic E-state index is 4.09. The van der Waals surface area contributed by atoms with Gasteiger partial charge in [0.15, 0.2) is 0 Å². The molecule has 0 amide bonds. The lowest BCUT2D eigenvalue weighted by Crippen LogP contribution is -1.76. The first kappa shape index (κ1) is 10.2. The molecule has 0 heterocycles. The van der Waals surface area contributed by atoms with Gasteiger partial charge >= 0.3 is 0 Å². The fourth-order valence-corrected chi connectivity index (χ4v) is 0.613. The van der Waals surface area contributed by atoms with Crippen LogP contribution in [-0.4, -0.2) is 6.21 Å². The van der Waals surface area contributed by atoms with Crippen molar-refractivity contribution in [2.45, 2.75) is 33.1 Å². The summed E-state index contributed by atoms with van der Waals surface area (Å²) >= 11 is 0. The maximum atomic E-state index is 4.09. The summed E-state index contributed by atoms with van der Waals surface area (Å²) in [5.74, 6) is 0. The Labute approximate surface area is 69.5 Å². The smallest absolute Gasteiger partial charge is 0.0223 e. The molecule has 0 bridgehead atoms. The van der Waals surface area contributed by atoms with Crippen molar-refractivity contribution in [3.63, 3.8) is 0 Å². The molecule has 1 nitrogen and oxygen atoms in total. The van der Waals surface area contributed by atoms with Crippen molar-refractivity contribution >= 4 is 6.21 Å². The molecule has 0 atom stereocenters. The molecule has 0 aliphatic heterocycles. The van der Waals surface area contributed by atoms with Gasteiger partial charge < -0.3 is 0 Å². The van der Waals surface area contributed by atoms with Crippen LogP contribution in [0.2, 0.25) is 0 Å². The fourth-order valence-electron chi connectivity index (χ4n) is 0.613. The summed E-state index contributed by atoms with van der Waals surface area (Å²) in [7, 11) is 0. The highest BCUT2D eigenvalue weighted by Crippen LogP contribution is 1.97. The number of rotatable bonds is 5. The quantitative estimate of drug-likeness (QED) is 0.422. The van der Waals surface area contributed by atoms with E-state index in [2.05, 4.69) is 18.5 Å². The fraction of sp³-hybridized carbons (Fsp3) is 0.500. The highest BCUT2D eigenvalue weighted by molar-refractivity contribution is 5.58. The van der Waals surface area contributed by atoms with Gasteiger partial charge in [-0.25, -0.2) is 0 Å². The Morgan fingerprint density at radius 1 is 1.55 bits per heavy atom. The molecule has 0 unspecified atom stereocenters. The molecule has 62 valence electrons. The lowest BCUT2D eigenvalue weighted by molar-refractivity contribution is 1.03. The third kappa shape index (κ3) is 9.15. The van der Waals surface area contributed by atoms with Gasteiger partial charge in [-0.05, 0) is 26.2 Å². The Balaban J connectivity index is 3.30. The molecule has 0 rings (SSSR count). The van der Waals surface area contributed by atoms with Crippen molar-refractivity contribution in [1.82, 2.24) is 0 Å². The van der Waals surface area contributed by atoms with Crippen LogP contribution in [0.15, 0.2) is 29.4 Å². The van der Waals surface area contributed by atoms with E-state index in [1.54, 1.807) is 0 Å². The third-order valence-corrected chi connectivity index (χ3v) is 1.23. The standard InChI is InChI=1S/C10H17N/c1-4-5-8-11-9-6-7-10(2)3/h5,8-9H,2,4,6-7H2,1,3H3/b8-5-,11-9?. The predicted octanol–water partition coefficient (Wildman–Crippen LogP) is 3.34. The zero-order valence-corrected chi connectivity index (χ0v) is 7.51. The van der Waals surface area contributed by atoms with Crippen LogP contribution in [0.25, 0.3) is 0 Å². The van der Waals surface area contributed by atoms with E-state index in [1.807, 2.05) is 25.4 Å². The monoisotopic (exact) mass is 151 g/mol. The van der Waals surface area contributed by atoms with Crippen LogP contribution in [0.5, 0.6) is 0 Å². The topological polar surface area (TPSA) is 12.4 Å². The SMILES string of the molecule is C=C(C)CCC=N/C=C\CC. The molecule has 0 fully saturated rings. The third-order valence-electron chi connectivity index (χ3n) is 1.23. The van der Waals surface area contributed by atoms with Crippen molar-refractivity contribution in [1.29, 1.82) is 0 Å². The summed E-state index contributed by atoms with van der Waals surface area (Å²) in [6, 6.07) is 0. The molecule has 0 saturated heterocycles. The second-order valence-electron chi connectivity index (χ2n) is 2.62. The minimum absolute atomic E-state index is 1.00. The van der Waals surface area contributed by atoms with Gasteiger partial charge in [0.2, 0.25) is 0 Å². The van der Waals surface area contributed by atoms with Gasteiger partial charge in [0, 0.05) is 12.4 Å². The van der Waals surface area contributed by atoms with Crippen LogP contribution < -0.4 is 0 Å². The molecule has 0 saturated carbocycles. The number of nitrogens with zero attached hydrogens (tertiary/aromatic N) is 1. The van der Waals surface area contributed by atoms with Crippen molar-refractivity contribution in [3.8, 4) is 0 Å². The van der Waals surface area contributed by atoms with Gasteiger partial charge in [-0.15, -0.1) is 6.58 Å². The number of hydrogen-bond acceptors (Lipinski definition) is 1. The summed E-state index contributed by atoms with van der Waals surface area (Å²) in [4.78, 5) is 4.09. The first-order chi connectivity index (χ1) is 5.27. The molecule has 1 heteroatoms. The van der Waals surface area contributed by atoms with E-state index in [4.69, 9.17) is 0 Å². The molecule has 0 aliphatic carbocycles. The van der Waals surface area contributed by atoms with Crippen LogP contribution in [-0.2, 0) is 0 Å². The molecule has 0 radical (unpaired) electrons. The molecule has 0 aliphatic rings. The predicted molar refractivity (Wildman–Crippen MR) is 52.0 cm³/mol. The Hall–Kier alpha value is -0.850. The first-order valence-electron chi connectivity index (χ1n) is 4.08. The van der Waals surface area contributed by atoms with Crippen LogP contribution in [0.3, 0.4) is 0 Å². The summed E-state index contributed by atoms with van der Waals surface area (Å²) in [6.45, 7) is 7.94. The van der Waals surface area contributed by atoms with Crippen LogP contribution in [0.1, 0.15) is 33.1 Å². The molecular formula is C10H17N. The Bertz CT molecular complexity index is 154. The van der Waals surface area contributed by atoms with E-state index in [0.29, 0.717) is 0 Å². The highest BCUT2D eigenvalue weighted by atomic mass is 14.7.